The molecule has 5 heteroatoms. The van der Waals surface area contributed by atoms with Gasteiger partial charge < -0.3 is 10.5 Å². The summed E-state index contributed by atoms with van der Waals surface area (Å²) in [4.78, 5) is 4.36. The average molecular weight is 306 g/mol. The summed E-state index contributed by atoms with van der Waals surface area (Å²) in [5.74, 6) is 0. The molecule has 0 saturated carbocycles. The number of benzene rings is 1. The van der Waals surface area contributed by atoms with E-state index in [1.54, 1.807) is 18.9 Å². The van der Waals surface area contributed by atoms with Crippen LogP contribution in [0.25, 0.3) is 11.1 Å². The van der Waals surface area contributed by atoms with Crippen molar-refractivity contribution in [2.75, 3.05) is 20.0 Å². The molecule has 1 heterocycles. The Kier molecular flexibility index (Phi) is 5.73. The predicted octanol–water partition coefficient (Wildman–Crippen LogP) is 3.45. The van der Waals surface area contributed by atoms with Crippen molar-refractivity contribution in [3.05, 3.63) is 48.2 Å². The summed E-state index contributed by atoms with van der Waals surface area (Å²) >= 11 is 1.61. The van der Waals surface area contributed by atoms with Crippen LogP contribution in [0.2, 0.25) is 0 Å². The maximum absolute atomic E-state index is 12.7. The van der Waals surface area contributed by atoms with Crippen molar-refractivity contribution in [2.45, 2.75) is 17.2 Å². The van der Waals surface area contributed by atoms with Gasteiger partial charge in [-0.15, -0.1) is 11.8 Å². The SMILES string of the molecule is COC(c1ccc(-c2ccc(SC)nc2)cc1)C(N)CF. The quantitative estimate of drug-likeness (QED) is 0.830. The van der Waals surface area contributed by atoms with Gasteiger partial charge >= 0.3 is 0 Å². The molecule has 0 aliphatic carbocycles. The van der Waals surface area contributed by atoms with Crippen molar-refractivity contribution >= 4 is 11.8 Å². The van der Waals surface area contributed by atoms with Crippen LogP contribution in [0.5, 0.6) is 0 Å². The number of nitrogens with zero attached hydrogens (tertiary/aromatic N) is 1. The summed E-state index contributed by atoms with van der Waals surface area (Å²) in [5.41, 5.74) is 8.71. The van der Waals surface area contributed by atoms with Crippen LogP contribution in [0.15, 0.2) is 47.6 Å². The zero-order valence-electron chi connectivity index (χ0n) is 12.1. The van der Waals surface area contributed by atoms with Gasteiger partial charge in [0.25, 0.3) is 0 Å². The van der Waals surface area contributed by atoms with Gasteiger partial charge in [-0.2, -0.15) is 0 Å². The molecule has 0 bridgehead atoms. The van der Waals surface area contributed by atoms with E-state index in [9.17, 15) is 4.39 Å². The molecule has 3 nitrogen and oxygen atoms in total. The number of ether oxygens (including phenoxy) is 1. The lowest BCUT2D eigenvalue weighted by molar-refractivity contribution is 0.0721. The molecule has 0 aliphatic heterocycles. The Morgan fingerprint density at radius 3 is 2.33 bits per heavy atom. The van der Waals surface area contributed by atoms with Crippen LogP contribution in [0.3, 0.4) is 0 Å². The van der Waals surface area contributed by atoms with Crippen molar-refractivity contribution in [3.8, 4) is 11.1 Å². The molecule has 2 aromatic rings. The van der Waals surface area contributed by atoms with E-state index in [1.807, 2.05) is 48.9 Å². The van der Waals surface area contributed by atoms with Crippen LogP contribution in [-0.4, -0.2) is 31.1 Å². The topological polar surface area (TPSA) is 48.1 Å². The Morgan fingerprint density at radius 2 is 1.86 bits per heavy atom. The molecule has 2 unspecified atom stereocenters. The molecule has 112 valence electrons. The number of alkyl halides is 1. The number of rotatable bonds is 6. The van der Waals surface area contributed by atoms with Crippen LogP contribution in [0, 0.1) is 0 Å². The normalized spacial score (nSPS) is 13.9. The van der Waals surface area contributed by atoms with Gasteiger partial charge in [0.15, 0.2) is 0 Å². The summed E-state index contributed by atoms with van der Waals surface area (Å²) in [6.07, 6.45) is 3.42. The fourth-order valence-electron chi connectivity index (χ4n) is 2.18. The molecule has 1 aromatic heterocycles. The van der Waals surface area contributed by atoms with Crippen molar-refractivity contribution < 1.29 is 9.13 Å². The minimum absolute atomic E-state index is 0.430. The second kappa shape index (κ2) is 7.54. The second-order valence-electron chi connectivity index (χ2n) is 4.69. The number of aromatic nitrogens is 1. The molecule has 1 aromatic carbocycles. The molecule has 0 spiro atoms. The highest BCUT2D eigenvalue weighted by atomic mass is 32.2. The molecular formula is C16H19FN2OS. The number of hydrogen-bond donors (Lipinski definition) is 1. The third kappa shape index (κ3) is 3.81. The van der Waals surface area contributed by atoms with Gasteiger partial charge in [0.05, 0.1) is 17.2 Å². The average Bonchev–Trinajstić information content (AvgIpc) is 2.56. The lowest BCUT2D eigenvalue weighted by Crippen LogP contribution is -2.31. The van der Waals surface area contributed by atoms with Crippen LogP contribution in [0.4, 0.5) is 4.39 Å². The van der Waals surface area contributed by atoms with E-state index in [1.165, 1.54) is 0 Å². The Balaban J connectivity index is 2.21. The van der Waals surface area contributed by atoms with Crippen molar-refractivity contribution in [1.82, 2.24) is 4.98 Å². The molecule has 0 saturated heterocycles. The highest BCUT2D eigenvalue weighted by Gasteiger charge is 2.19. The lowest BCUT2D eigenvalue weighted by atomic mass is 10.00. The third-order valence-electron chi connectivity index (χ3n) is 3.34. The van der Waals surface area contributed by atoms with Gasteiger partial charge in [0.1, 0.15) is 6.67 Å². The molecule has 21 heavy (non-hydrogen) atoms. The highest BCUT2D eigenvalue weighted by Crippen LogP contribution is 2.25. The predicted molar refractivity (Wildman–Crippen MR) is 85.2 cm³/mol. The first-order chi connectivity index (χ1) is 10.2. The van der Waals surface area contributed by atoms with Gasteiger partial charge in [0.2, 0.25) is 0 Å². The Labute approximate surface area is 128 Å². The van der Waals surface area contributed by atoms with E-state index >= 15 is 0 Å². The Morgan fingerprint density at radius 1 is 1.19 bits per heavy atom. The van der Waals surface area contributed by atoms with E-state index in [-0.39, 0.29) is 0 Å². The summed E-state index contributed by atoms with van der Waals surface area (Å²) in [6, 6.07) is 11.2. The monoisotopic (exact) mass is 306 g/mol. The first kappa shape index (κ1) is 15.9. The summed E-state index contributed by atoms with van der Waals surface area (Å²) < 4.78 is 18.0. The lowest BCUT2D eigenvalue weighted by Gasteiger charge is -2.20. The van der Waals surface area contributed by atoms with E-state index in [0.717, 1.165) is 21.7 Å². The van der Waals surface area contributed by atoms with Crippen LogP contribution < -0.4 is 5.73 Å². The number of methoxy groups -OCH3 is 1. The summed E-state index contributed by atoms with van der Waals surface area (Å²) in [6.45, 7) is -0.611. The maximum atomic E-state index is 12.7. The molecule has 2 N–H and O–H groups in total. The zero-order chi connectivity index (χ0) is 15.2. The van der Waals surface area contributed by atoms with E-state index in [4.69, 9.17) is 10.5 Å². The first-order valence-corrected chi connectivity index (χ1v) is 7.86. The molecule has 0 amide bonds. The smallest absolute Gasteiger partial charge is 0.107 e. The second-order valence-corrected chi connectivity index (χ2v) is 5.51. The van der Waals surface area contributed by atoms with E-state index in [2.05, 4.69) is 4.98 Å². The van der Waals surface area contributed by atoms with Crippen LogP contribution in [0.1, 0.15) is 11.7 Å². The van der Waals surface area contributed by atoms with E-state index in [0.29, 0.717) is 0 Å². The number of thioether (sulfide) groups is 1. The highest BCUT2D eigenvalue weighted by molar-refractivity contribution is 7.98. The van der Waals surface area contributed by atoms with Crippen LogP contribution in [-0.2, 0) is 4.74 Å². The Bertz CT molecular complexity index is 559. The summed E-state index contributed by atoms with van der Waals surface area (Å²) in [7, 11) is 1.54. The molecule has 0 aliphatic rings. The van der Waals surface area contributed by atoms with Crippen molar-refractivity contribution in [3.63, 3.8) is 0 Å². The minimum Gasteiger partial charge on any atom is -0.375 e. The first-order valence-electron chi connectivity index (χ1n) is 6.64. The fourth-order valence-corrected chi connectivity index (χ4v) is 2.54. The van der Waals surface area contributed by atoms with E-state index < -0.39 is 18.8 Å². The largest absolute Gasteiger partial charge is 0.375 e. The fraction of sp³-hybridized carbons (Fsp3) is 0.312. The zero-order valence-corrected chi connectivity index (χ0v) is 12.9. The third-order valence-corrected chi connectivity index (χ3v) is 4.00. The van der Waals surface area contributed by atoms with Gasteiger partial charge in [-0.3, -0.25) is 0 Å². The van der Waals surface area contributed by atoms with Crippen LogP contribution >= 0.6 is 11.8 Å². The van der Waals surface area contributed by atoms with Gasteiger partial charge in [-0.25, -0.2) is 9.37 Å². The maximum Gasteiger partial charge on any atom is 0.107 e. The molecule has 0 fully saturated rings. The van der Waals surface area contributed by atoms with Gasteiger partial charge in [-0.05, 0) is 23.4 Å². The number of nitrogens with two attached hydrogens (primary N) is 1. The molecule has 2 rings (SSSR count). The number of hydrogen-bond acceptors (Lipinski definition) is 4. The van der Waals surface area contributed by atoms with Crippen molar-refractivity contribution in [2.24, 2.45) is 5.73 Å². The summed E-state index contributed by atoms with van der Waals surface area (Å²) in [5, 5.41) is 0.990. The number of halogens is 1. The molecule has 0 radical (unpaired) electrons. The molecular weight excluding hydrogens is 287 g/mol. The molecule has 2 atom stereocenters. The Hall–Kier alpha value is -1.43. The minimum atomic E-state index is -0.650. The number of pyridine rings is 1. The van der Waals surface area contributed by atoms with Gasteiger partial charge in [0, 0.05) is 18.9 Å². The standard InChI is InChI=1S/C16H19FN2OS/c1-20-16(14(18)9-17)12-5-3-11(4-6-12)13-7-8-15(21-2)19-10-13/h3-8,10,14,16H,9,18H2,1-2H3. The van der Waals surface area contributed by atoms with Gasteiger partial charge in [-0.1, -0.05) is 30.3 Å². The van der Waals surface area contributed by atoms with Crippen molar-refractivity contribution in [1.29, 1.82) is 0 Å².